The van der Waals surface area contributed by atoms with Gasteiger partial charge in [0, 0.05) is 31.5 Å². The van der Waals surface area contributed by atoms with Gasteiger partial charge in [-0.15, -0.1) is 0 Å². The van der Waals surface area contributed by atoms with E-state index in [1.807, 2.05) is 12.3 Å². The zero-order valence-electron chi connectivity index (χ0n) is 22.9. The standard InChI is InChI=1S/C33H42N4O2/c38-33(39)31(26-14-8-3-9-15-26)37-22-28(29(23-37)24-10-4-1-5-11-24)21-36-18-16-27(17-19-36)32-34-20-30(35-32)25-12-6-2-7-13-25/h1-2,4-7,10-13,20,26-29,31H,3,8-9,14-19,21-23H2,(H,34,35)(H,38,39). The van der Waals surface area contributed by atoms with Crippen LogP contribution in [0, 0.1) is 11.8 Å². The fourth-order valence-corrected chi connectivity index (χ4v) is 7.53. The van der Waals surface area contributed by atoms with Crippen LogP contribution in [0.25, 0.3) is 11.3 Å². The maximum atomic E-state index is 12.5. The SMILES string of the molecule is O=C(O)C(C1CCCCC1)N1CC(CN2CCC(c3ncc(-c4ccccc4)[nH]3)CC2)C(c2ccccc2)C1. The number of aliphatic carboxylic acids is 1. The smallest absolute Gasteiger partial charge is 0.321 e. The van der Waals surface area contributed by atoms with Gasteiger partial charge in [0.05, 0.1) is 11.9 Å². The molecule has 6 rings (SSSR count). The average Bonchev–Trinajstić information content (AvgIpc) is 3.63. The van der Waals surface area contributed by atoms with E-state index in [0.717, 1.165) is 69.9 Å². The minimum atomic E-state index is -0.622. The van der Waals surface area contributed by atoms with Gasteiger partial charge in [-0.05, 0) is 61.7 Å². The van der Waals surface area contributed by atoms with Crippen LogP contribution in [0.1, 0.15) is 68.2 Å². The molecule has 3 aromatic rings. The first-order valence-electron chi connectivity index (χ1n) is 15.0. The first-order valence-corrected chi connectivity index (χ1v) is 15.0. The number of rotatable bonds is 8. The van der Waals surface area contributed by atoms with Gasteiger partial charge in [0.2, 0.25) is 0 Å². The predicted octanol–water partition coefficient (Wildman–Crippen LogP) is 6.01. The van der Waals surface area contributed by atoms with Gasteiger partial charge in [-0.2, -0.15) is 0 Å². The molecule has 39 heavy (non-hydrogen) atoms. The molecule has 3 aliphatic rings. The van der Waals surface area contributed by atoms with E-state index in [1.165, 1.54) is 30.4 Å². The number of aromatic amines is 1. The van der Waals surface area contributed by atoms with E-state index in [2.05, 4.69) is 69.4 Å². The molecule has 2 aromatic carbocycles. The van der Waals surface area contributed by atoms with Gasteiger partial charge in [-0.1, -0.05) is 79.9 Å². The highest BCUT2D eigenvalue weighted by atomic mass is 16.4. The van der Waals surface area contributed by atoms with Crippen molar-refractivity contribution in [2.75, 3.05) is 32.7 Å². The number of carbonyl (C=O) groups is 1. The summed E-state index contributed by atoms with van der Waals surface area (Å²) in [6.45, 7) is 4.90. The Morgan fingerprint density at radius 2 is 1.62 bits per heavy atom. The van der Waals surface area contributed by atoms with Crippen LogP contribution in [0.3, 0.4) is 0 Å². The molecule has 0 bridgehead atoms. The second-order valence-electron chi connectivity index (χ2n) is 12.0. The number of carboxylic acid groups (broad SMARTS) is 1. The third-order valence-corrected chi connectivity index (χ3v) is 9.59. The molecule has 1 aliphatic carbocycles. The molecule has 3 unspecified atom stereocenters. The van der Waals surface area contributed by atoms with Gasteiger partial charge in [-0.25, -0.2) is 4.98 Å². The molecule has 2 saturated heterocycles. The number of H-pyrrole nitrogens is 1. The lowest BCUT2D eigenvalue weighted by Crippen LogP contribution is -2.46. The molecule has 2 aliphatic heterocycles. The van der Waals surface area contributed by atoms with Crippen LogP contribution < -0.4 is 0 Å². The quantitative estimate of drug-likeness (QED) is 0.376. The number of benzene rings is 2. The van der Waals surface area contributed by atoms with Gasteiger partial charge < -0.3 is 15.0 Å². The lowest BCUT2D eigenvalue weighted by molar-refractivity contribution is -0.145. The summed E-state index contributed by atoms with van der Waals surface area (Å²) < 4.78 is 0. The van der Waals surface area contributed by atoms with Crippen LogP contribution in [0.5, 0.6) is 0 Å². The topological polar surface area (TPSA) is 72.5 Å². The number of aromatic nitrogens is 2. The molecule has 3 heterocycles. The highest BCUT2D eigenvalue weighted by Crippen LogP contribution is 2.39. The maximum Gasteiger partial charge on any atom is 0.321 e. The number of nitrogens with zero attached hydrogens (tertiary/aromatic N) is 3. The first-order chi connectivity index (χ1) is 19.2. The molecule has 6 heteroatoms. The third kappa shape index (κ3) is 5.97. The van der Waals surface area contributed by atoms with E-state index in [9.17, 15) is 9.90 Å². The monoisotopic (exact) mass is 526 g/mol. The normalized spacial score (nSPS) is 24.6. The minimum absolute atomic E-state index is 0.288. The Labute approximate surface area is 232 Å². The van der Waals surface area contributed by atoms with Crippen LogP contribution >= 0.6 is 0 Å². The lowest BCUT2D eigenvalue weighted by Gasteiger charge is -2.35. The largest absolute Gasteiger partial charge is 0.480 e. The van der Waals surface area contributed by atoms with Gasteiger partial charge in [0.1, 0.15) is 11.9 Å². The summed E-state index contributed by atoms with van der Waals surface area (Å²) in [5.41, 5.74) is 3.63. The second kappa shape index (κ2) is 12.1. The Morgan fingerprint density at radius 1 is 0.923 bits per heavy atom. The summed E-state index contributed by atoms with van der Waals surface area (Å²) >= 11 is 0. The third-order valence-electron chi connectivity index (χ3n) is 9.59. The fourth-order valence-electron chi connectivity index (χ4n) is 7.53. The number of nitrogens with one attached hydrogen (secondary N) is 1. The zero-order chi connectivity index (χ0) is 26.6. The van der Waals surface area contributed by atoms with Crippen molar-refractivity contribution in [3.8, 4) is 11.3 Å². The van der Waals surface area contributed by atoms with Crippen LogP contribution in [0.4, 0.5) is 0 Å². The summed E-state index contributed by atoms with van der Waals surface area (Å²) in [7, 11) is 0. The number of likely N-dealkylation sites (tertiary alicyclic amines) is 2. The Kier molecular flexibility index (Phi) is 8.12. The lowest BCUT2D eigenvalue weighted by atomic mass is 9.83. The van der Waals surface area contributed by atoms with Gasteiger partial charge >= 0.3 is 5.97 Å². The van der Waals surface area contributed by atoms with Crippen molar-refractivity contribution < 1.29 is 9.90 Å². The van der Waals surface area contributed by atoms with Crippen LogP contribution in [0.2, 0.25) is 0 Å². The van der Waals surface area contributed by atoms with E-state index >= 15 is 0 Å². The fraction of sp³-hybridized carbons (Fsp3) is 0.515. The van der Waals surface area contributed by atoms with E-state index in [1.54, 1.807) is 0 Å². The van der Waals surface area contributed by atoms with E-state index < -0.39 is 5.97 Å². The molecule has 0 amide bonds. The number of carboxylic acids is 1. The molecule has 0 radical (unpaired) electrons. The summed E-state index contributed by atoms with van der Waals surface area (Å²) in [6.07, 6.45) is 9.89. The van der Waals surface area contributed by atoms with Gasteiger partial charge in [-0.3, -0.25) is 9.69 Å². The summed E-state index contributed by atoms with van der Waals surface area (Å²) in [4.78, 5) is 25.8. The molecule has 0 spiro atoms. The number of hydrogen-bond donors (Lipinski definition) is 2. The summed E-state index contributed by atoms with van der Waals surface area (Å²) in [5, 5.41) is 10.3. The Balaban J connectivity index is 1.12. The van der Waals surface area contributed by atoms with Crippen LogP contribution in [0.15, 0.2) is 66.9 Å². The van der Waals surface area contributed by atoms with Crippen molar-refractivity contribution in [1.29, 1.82) is 0 Å². The number of piperidine rings is 1. The van der Waals surface area contributed by atoms with E-state index in [4.69, 9.17) is 4.98 Å². The Bertz CT molecular complexity index is 1200. The Morgan fingerprint density at radius 3 is 2.31 bits per heavy atom. The molecule has 6 nitrogen and oxygen atoms in total. The molecule has 1 saturated carbocycles. The van der Waals surface area contributed by atoms with Gasteiger partial charge in [0.15, 0.2) is 0 Å². The molecule has 3 fully saturated rings. The molecular formula is C33H42N4O2. The van der Waals surface area contributed by atoms with Crippen LogP contribution in [-0.4, -0.2) is 69.6 Å². The number of imidazole rings is 1. The van der Waals surface area contributed by atoms with Crippen LogP contribution in [-0.2, 0) is 4.79 Å². The van der Waals surface area contributed by atoms with E-state index in [-0.39, 0.29) is 12.0 Å². The molecular weight excluding hydrogens is 484 g/mol. The molecule has 2 N–H and O–H groups in total. The molecule has 206 valence electrons. The minimum Gasteiger partial charge on any atom is -0.480 e. The summed E-state index contributed by atoms with van der Waals surface area (Å²) in [6, 6.07) is 20.9. The van der Waals surface area contributed by atoms with Crippen molar-refractivity contribution in [1.82, 2.24) is 19.8 Å². The summed E-state index contributed by atoms with van der Waals surface area (Å²) in [5.74, 6) is 2.07. The molecule has 3 atom stereocenters. The number of hydrogen-bond acceptors (Lipinski definition) is 4. The van der Waals surface area contributed by atoms with Crippen molar-refractivity contribution in [2.24, 2.45) is 11.8 Å². The van der Waals surface area contributed by atoms with Crippen molar-refractivity contribution in [2.45, 2.75) is 62.8 Å². The highest BCUT2D eigenvalue weighted by Gasteiger charge is 2.43. The highest BCUT2D eigenvalue weighted by molar-refractivity contribution is 5.74. The molecule has 1 aromatic heterocycles. The van der Waals surface area contributed by atoms with Crippen molar-refractivity contribution in [3.05, 3.63) is 78.2 Å². The second-order valence-corrected chi connectivity index (χ2v) is 12.0. The first kappa shape index (κ1) is 26.3. The Hall–Kier alpha value is -2.96. The van der Waals surface area contributed by atoms with E-state index in [0.29, 0.717) is 17.8 Å². The zero-order valence-corrected chi connectivity index (χ0v) is 22.9. The van der Waals surface area contributed by atoms with Crippen molar-refractivity contribution >= 4 is 5.97 Å². The van der Waals surface area contributed by atoms with Gasteiger partial charge in [0.25, 0.3) is 0 Å². The predicted molar refractivity (Wildman–Crippen MR) is 155 cm³/mol. The maximum absolute atomic E-state index is 12.5. The average molecular weight is 527 g/mol. The van der Waals surface area contributed by atoms with Crippen molar-refractivity contribution in [3.63, 3.8) is 0 Å².